The number of nitrogens with zero attached hydrogens (tertiary/aromatic N) is 3. The van der Waals surface area contributed by atoms with E-state index in [2.05, 4.69) is 22.4 Å². The van der Waals surface area contributed by atoms with E-state index in [1.807, 2.05) is 12.3 Å². The highest BCUT2D eigenvalue weighted by atomic mass is 16.5. The molecule has 0 atom stereocenters. The van der Waals surface area contributed by atoms with Crippen molar-refractivity contribution in [1.82, 2.24) is 15.0 Å². The van der Waals surface area contributed by atoms with E-state index in [1.165, 1.54) is 11.1 Å². The molecule has 2 heterocycles. The number of aliphatic hydroxyl groups excluding tert-OH is 1. The van der Waals surface area contributed by atoms with Gasteiger partial charge in [-0.1, -0.05) is 11.3 Å². The van der Waals surface area contributed by atoms with Gasteiger partial charge in [0.1, 0.15) is 0 Å². The minimum Gasteiger partial charge on any atom is -0.396 e. The van der Waals surface area contributed by atoms with E-state index in [4.69, 9.17) is 9.84 Å². The van der Waals surface area contributed by atoms with Gasteiger partial charge in [-0.15, -0.1) is 5.10 Å². The van der Waals surface area contributed by atoms with E-state index >= 15 is 0 Å². The van der Waals surface area contributed by atoms with Crippen molar-refractivity contribution < 1.29 is 9.84 Å². The zero-order valence-corrected chi connectivity index (χ0v) is 10.0. The van der Waals surface area contributed by atoms with Gasteiger partial charge in [-0.3, -0.25) is 0 Å². The molecule has 5 heteroatoms. The molecular weight excluding hydrogens is 230 g/mol. The highest BCUT2D eigenvalue weighted by Crippen LogP contribution is 2.22. The number of hydrogen-bond donors (Lipinski definition) is 1. The molecule has 1 N–H and O–H groups in total. The Kier molecular flexibility index (Phi) is 3.08. The van der Waals surface area contributed by atoms with Gasteiger partial charge >= 0.3 is 0 Å². The lowest BCUT2D eigenvalue weighted by Crippen LogP contribution is -1.96. The number of rotatable bonds is 4. The lowest BCUT2D eigenvalue weighted by molar-refractivity contribution is 0.134. The molecule has 1 aromatic heterocycles. The topological polar surface area (TPSA) is 60.2 Å². The fraction of sp³-hybridized carbons (Fsp3) is 0.385. The van der Waals surface area contributed by atoms with E-state index in [0.29, 0.717) is 13.2 Å². The van der Waals surface area contributed by atoms with E-state index < -0.39 is 0 Å². The van der Waals surface area contributed by atoms with Crippen LogP contribution in [0.2, 0.25) is 0 Å². The van der Waals surface area contributed by atoms with Gasteiger partial charge in [0.15, 0.2) is 0 Å². The quantitative estimate of drug-likeness (QED) is 0.880. The molecule has 2 aromatic rings. The van der Waals surface area contributed by atoms with Crippen LogP contribution < -0.4 is 0 Å². The van der Waals surface area contributed by atoms with Gasteiger partial charge in [0.2, 0.25) is 0 Å². The summed E-state index contributed by atoms with van der Waals surface area (Å²) in [6, 6.07) is 6.19. The zero-order valence-electron chi connectivity index (χ0n) is 10.0. The van der Waals surface area contributed by atoms with Gasteiger partial charge in [0.05, 0.1) is 30.8 Å². The second-order valence-corrected chi connectivity index (χ2v) is 4.43. The maximum Gasteiger partial charge on any atom is 0.0832 e. The van der Waals surface area contributed by atoms with Crippen LogP contribution in [0.3, 0.4) is 0 Å². The molecule has 1 aliphatic heterocycles. The van der Waals surface area contributed by atoms with Crippen LogP contribution in [0.4, 0.5) is 0 Å². The number of hydrogen-bond acceptors (Lipinski definition) is 4. The summed E-state index contributed by atoms with van der Waals surface area (Å²) in [5.41, 5.74) is 4.38. The van der Waals surface area contributed by atoms with Crippen LogP contribution in [0.1, 0.15) is 23.2 Å². The SMILES string of the molecule is OCCCc1cn(-c2ccc3c(c2)COC3)nn1. The fourth-order valence-electron chi connectivity index (χ4n) is 2.10. The summed E-state index contributed by atoms with van der Waals surface area (Å²) in [5.74, 6) is 0. The van der Waals surface area contributed by atoms with Gasteiger partial charge < -0.3 is 9.84 Å². The van der Waals surface area contributed by atoms with Crippen molar-refractivity contribution in [3.63, 3.8) is 0 Å². The number of aromatic nitrogens is 3. The second-order valence-electron chi connectivity index (χ2n) is 4.43. The average molecular weight is 245 g/mol. The van der Waals surface area contributed by atoms with Crippen LogP contribution in [0.15, 0.2) is 24.4 Å². The molecule has 0 unspecified atom stereocenters. The van der Waals surface area contributed by atoms with Crippen molar-refractivity contribution in [3.05, 3.63) is 41.2 Å². The first kappa shape index (κ1) is 11.4. The van der Waals surface area contributed by atoms with Crippen LogP contribution in [-0.4, -0.2) is 26.7 Å². The molecule has 0 saturated carbocycles. The molecule has 0 amide bonds. The first-order valence-corrected chi connectivity index (χ1v) is 6.09. The molecule has 0 spiro atoms. The third-order valence-electron chi connectivity index (χ3n) is 3.10. The highest BCUT2D eigenvalue weighted by molar-refractivity contribution is 5.40. The number of aliphatic hydroxyl groups is 1. The number of ether oxygens (including phenoxy) is 1. The Labute approximate surface area is 105 Å². The maximum absolute atomic E-state index is 8.79. The summed E-state index contributed by atoms with van der Waals surface area (Å²) < 4.78 is 7.16. The Morgan fingerprint density at radius 1 is 1.28 bits per heavy atom. The summed E-state index contributed by atoms with van der Waals surface area (Å²) in [6.45, 7) is 1.56. The second kappa shape index (κ2) is 4.88. The molecule has 5 nitrogen and oxygen atoms in total. The van der Waals surface area contributed by atoms with Crippen molar-refractivity contribution in [1.29, 1.82) is 0 Å². The average Bonchev–Trinajstić information content (AvgIpc) is 3.04. The maximum atomic E-state index is 8.79. The Morgan fingerprint density at radius 2 is 2.17 bits per heavy atom. The van der Waals surface area contributed by atoms with Crippen LogP contribution >= 0.6 is 0 Å². The van der Waals surface area contributed by atoms with Crippen molar-refractivity contribution in [2.75, 3.05) is 6.61 Å². The molecule has 0 aliphatic carbocycles. The predicted molar refractivity (Wildman–Crippen MR) is 65.3 cm³/mol. The normalized spacial score (nSPS) is 13.8. The van der Waals surface area contributed by atoms with Gasteiger partial charge in [-0.2, -0.15) is 0 Å². The van der Waals surface area contributed by atoms with Gasteiger partial charge in [-0.05, 0) is 36.1 Å². The summed E-state index contributed by atoms with van der Waals surface area (Å²) >= 11 is 0. The molecule has 18 heavy (non-hydrogen) atoms. The van der Waals surface area contributed by atoms with Crippen LogP contribution in [-0.2, 0) is 24.4 Å². The molecule has 0 fully saturated rings. The zero-order chi connectivity index (χ0) is 12.4. The van der Waals surface area contributed by atoms with Gasteiger partial charge in [0, 0.05) is 6.61 Å². The standard InChI is InChI=1S/C13H15N3O2/c17-5-1-2-12-7-16(15-14-12)13-4-3-10-8-18-9-11(10)6-13/h3-4,6-7,17H,1-2,5,8-9H2. The first-order valence-electron chi connectivity index (χ1n) is 6.09. The molecule has 3 rings (SSSR count). The summed E-state index contributed by atoms with van der Waals surface area (Å²) in [5, 5.41) is 17.0. The van der Waals surface area contributed by atoms with Crippen LogP contribution in [0, 0.1) is 0 Å². The molecule has 94 valence electrons. The third kappa shape index (κ3) is 2.14. The Bertz CT molecular complexity index is 551. The number of aryl methyl sites for hydroxylation is 1. The van der Waals surface area contributed by atoms with E-state index in [0.717, 1.165) is 24.2 Å². The number of benzene rings is 1. The van der Waals surface area contributed by atoms with Crippen LogP contribution in [0.5, 0.6) is 0 Å². The highest BCUT2D eigenvalue weighted by Gasteiger charge is 2.12. The third-order valence-corrected chi connectivity index (χ3v) is 3.10. The smallest absolute Gasteiger partial charge is 0.0832 e. The largest absolute Gasteiger partial charge is 0.396 e. The number of fused-ring (bicyclic) bond motifs is 1. The lowest BCUT2D eigenvalue weighted by Gasteiger charge is -2.02. The van der Waals surface area contributed by atoms with Crippen molar-refractivity contribution >= 4 is 0 Å². The van der Waals surface area contributed by atoms with Gasteiger partial charge in [-0.25, -0.2) is 4.68 Å². The molecule has 0 radical (unpaired) electrons. The summed E-state index contributed by atoms with van der Waals surface area (Å²) in [6.07, 6.45) is 3.38. The Balaban J connectivity index is 1.83. The lowest BCUT2D eigenvalue weighted by atomic mass is 10.1. The van der Waals surface area contributed by atoms with E-state index in [9.17, 15) is 0 Å². The summed E-state index contributed by atoms with van der Waals surface area (Å²) in [4.78, 5) is 0. The van der Waals surface area contributed by atoms with Crippen molar-refractivity contribution in [3.8, 4) is 5.69 Å². The first-order chi connectivity index (χ1) is 8.86. The Morgan fingerprint density at radius 3 is 3.06 bits per heavy atom. The fourth-order valence-corrected chi connectivity index (χ4v) is 2.10. The van der Waals surface area contributed by atoms with Gasteiger partial charge in [0.25, 0.3) is 0 Å². The molecular formula is C13H15N3O2. The van der Waals surface area contributed by atoms with Crippen molar-refractivity contribution in [2.45, 2.75) is 26.1 Å². The molecule has 1 aromatic carbocycles. The van der Waals surface area contributed by atoms with E-state index in [-0.39, 0.29) is 6.61 Å². The summed E-state index contributed by atoms with van der Waals surface area (Å²) in [7, 11) is 0. The molecule has 0 bridgehead atoms. The minimum atomic E-state index is 0.184. The predicted octanol–water partition coefficient (Wildman–Crippen LogP) is 1.22. The van der Waals surface area contributed by atoms with Crippen molar-refractivity contribution in [2.24, 2.45) is 0 Å². The monoisotopic (exact) mass is 245 g/mol. The van der Waals surface area contributed by atoms with E-state index in [1.54, 1.807) is 4.68 Å². The van der Waals surface area contributed by atoms with Crippen LogP contribution in [0.25, 0.3) is 5.69 Å². The minimum absolute atomic E-state index is 0.184. The molecule has 1 aliphatic rings. The molecule has 0 saturated heterocycles. The Hall–Kier alpha value is -1.72.